The van der Waals surface area contributed by atoms with Crippen LogP contribution >= 0.6 is 0 Å². The predicted molar refractivity (Wildman–Crippen MR) is 67.9 cm³/mol. The predicted octanol–water partition coefficient (Wildman–Crippen LogP) is 3.14. The van der Waals surface area contributed by atoms with Crippen LogP contribution in [0.15, 0.2) is 48.5 Å². The fourth-order valence-corrected chi connectivity index (χ4v) is 1.43. The number of phenolic OH excluding ortho intramolecular Hbond substituents is 1. The zero-order chi connectivity index (χ0) is 11.4. The Morgan fingerprint density at radius 1 is 0.875 bits per heavy atom. The number of anilines is 1. The molecule has 80 valence electrons. The van der Waals surface area contributed by atoms with Gasteiger partial charge in [0, 0.05) is 5.69 Å². The van der Waals surface area contributed by atoms with Crippen molar-refractivity contribution in [2.45, 2.75) is 0 Å². The Bertz CT molecular complexity index is 500. The summed E-state index contributed by atoms with van der Waals surface area (Å²) >= 11 is 0. The van der Waals surface area contributed by atoms with Gasteiger partial charge in [0.05, 0.1) is 0 Å². The number of hydrogen-bond acceptors (Lipinski definition) is 2. The van der Waals surface area contributed by atoms with Gasteiger partial charge in [-0.1, -0.05) is 36.4 Å². The van der Waals surface area contributed by atoms with Gasteiger partial charge in [0.1, 0.15) is 5.75 Å². The Hall–Kier alpha value is -2.22. The second kappa shape index (κ2) is 4.53. The van der Waals surface area contributed by atoms with E-state index in [-0.39, 0.29) is 5.75 Å². The van der Waals surface area contributed by atoms with E-state index in [0.717, 1.165) is 16.8 Å². The minimum atomic E-state index is 0.277. The van der Waals surface area contributed by atoms with Crippen LogP contribution in [0.25, 0.3) is 12.2 Å². The maximum atomic E-state index is 9.30. The van der Waals surface area contributed by atoms with Gasteiger partial charge in [0.15, 0.2) is 0 Å². The number of nitrogens with two attached hydrogens (primary N) is 1. The standard InChI is InChI=1S/C14H13NO/c15-13-8-6-11(7-9-13)4-5-12-2-1-3-14(16)10-12/h1-10,16H,15H2. The molecule has 0 unspecified atom stereocenters. The van der Waals surface area contributed by atoms with Crippen LogP contribution in [0.5, 0.6) is 5.75 Å². The Labute approximate surface area is 94.7 Å². The average Bonchev–Trinajstić information content (AvgIpc) is 2.28. The molecular weight excluding hydrogens is 198 g/mol. The summed E-state index contributed by atoms with van der Waals surface area (Å²) in [5.41, 5.74) is 8.41. The summed E-state index contributed by atoms with van der Waals surface area (Å²) in [6, 6.07) is 14.8. The highest BCUT2D eigenvalue weighted by molar-refractivity contribution is 5.70. The topological polar surface area (TPSA) is 46.2 Å². The summed E-state index contributed by atoms with van der Waals surface area (Å²) in [6.45, 7) is 0. The largest absolute Gasteiger partial charge is 0.508 e. The van der Waals surface area contributed by atoms with Crippen LogP contribution in [0.4, 0.5) is 5.69 Å². The molecule has 0 aliphatic rings. The average molecular weight is 211 g/mol. The van der Waals surface area contributed by atoms with E-state index < -0.39 is 0 Å². The minimum absolute atomic E-state index is 0.277. The Kier molecular flexibility index (Phi) is 2.92. The molecule has 0 aromatic heterocycles. The van der Waals surface area contributed by atoms with Gasteiger partial charge in [-0.25, -0.2) is 0 Å². The van der Waals surface area contributed by atoms with Crippen molar-refractivity contribution in [1.29, 1.82) is 0 Å². The lowest BCUT2D eigenvalue weighted by Crippen LogP contribution is -1.82. The molecule has 0 spiro atoms. The van der Waals surface area contributed by atoms with E-state index in [1.807, 2.05) is 48.6 Å². The first-order valence-electron chi connectivity index (χ1n) is 5.07. The fourth-order valence-electron chi connectivity index (χ4n) is 1.43. The maximum absolute atomic E-state index is 9.30. The third kappa shape index (κ3) is 2.64. The van der Waals surface area contributed by atoms with E-state index in [1.165, 1.54) is 0 Å². The second-order valence-corrected chi connectivity index (χ2v) is 3.59. The van der Waals surface area contributed by atoms with Crippen molar-refractivity contribution < 1.29 is 5.11 Å². The van der Waals surface area contributed by atoms with Gasteiger partial charge in [0.25, 0.3) is 0 Å². The van der Waals surface area contributed by atoms with E-state index in [0.29, 0.717) is 0 Å². The smallest absolute Gasteiger partial charge is 0.116 e. The molecule has 0 radical (unpaired) electrons. The number of benzene rings is 2. The van der Waals surface area contributed by atoms with Crippen molar-refractivity contribution >= 4 is 17.8 Å². The van der Waals surface area contributed by atoms with Crippen molar-refractivity contribution in [1.82, 2.24) is 0 Å². The second-order valence-electron chi connectivity index (χ2n) is 3.59. The third-order valence-corrected chi connectivity index (χ3v) is 2.27. The molecule has 0 heterocycles. The first kappa shape index (κ1) is 10.3. The van der Waals surface area contributed by atoms with E-state index in [2.05, 4.69) is 0 Å². The summed E-state index contributed by atoms with van der Waals surface area (Å²) in [5, 5.41) is 9.30. The molecule has 0 saturated heterocycles. The van der Waals surface area contributed by atoms with Crippen molar-refractivity contribution in [2.24, 2.45) is 0 Å². The van der Waals surface area contributed by atoms with Gasteiger partial charge in [-0.2, -0.15) is 0 Å². The Morgan fingerprint density at radius 2 is 1.56 bits per heavy atom. The molecule has 0 aliphatic heterocycles. The van der Waals surface area contributed by atoms with Crippen LogP contribution in [0.2, 0.25) is 0 Å². The summed E-state index contributed by atoms with van der Waals surface area (Å²) in [5.74, 6) is 0.277. The van der Waals surface area contributed by atoms with Crippen molar-refractivity contribution in [3.05, 3.63) is 59.7 Å². The first-order valence-corrected chi connectivity index (χ1v) is 5.07. The normalized spacial score (nSPS) is 10.8. The lowest BCUT2D eigenvalue weighted by molar-refractivity contribution is 0.475. The van der Waals surface area contributed by atoms with E-state index in [9.17, 15) is 5.11 Å². The molecule has 2 aromatic carbocycles. The summed E-state index contributed by atoms with van der Waals surface area (Å²) in [6.07, 6.45) is 3.93. The molecular formula is C14H13NO. The lowest BCUT2D eigenvalue weighted by Gasteiger charge is -1.96. The molecule has 0 bridgehead atoms. The van der Waals surface area contributed by atoms with Gasteiger partial charge in [-0.15, -0.1) is 0 Å². The van der Waals surface area contributed by atoms with Crippen molar-refractivity contribution in [3.8, 4) is 5.75 Å². The molecule has 2 rings (SSSR count). The van der Waals surface area contributed by atoms with E-state index in [1.54, 1.807) is 12.1 Å². The highest BCUT2D eigenvalue weighted by Gasteiger charge is 1.90. The molecule has 2 heteroatoms. The zero-order valence-corrected chi connectivity index (χ0v) is 8.80. The van der Waals surface area contributed by atoms with Crippen LogP contribution in [0.3, 0.4) is 0 Å². The molecule has 3 N–H and O–H groups in total. The lowest BCUT2D eigenvalue weighted by atomic mass is 10.1. The van der Waals surface area contributed by atoms with Crippen LogP contribution < -0.4 is 5.73 Å². The molecule has 2 nitrogen and oxygen atoms in total. The number of aromatic hydroxyl groups is 1. The Balaban J connectivity index is 2.18. The van der Waals surface area contributed by atoms with E-state index >= 15 is 0 Å². The SMILES string of the molecule is Nc1ccc(C=Cc2cccc(O)c2)cc1. The molecule has 0 fully saturated rings. The van der Waals surface area contributed by atoms with Crippen LogP contribution in [-0.4, -0.2) is 5.11 Å². The molecule has 16 heavy (non-hydrogen) atoms. The highest BCUT2D eigenvalue weighted by Crippen LogP contribution is 2.14. The molecule has 0 amide bonds. The molecule has 0 atom stereocenters. The molecule has 2 aromatic rings. The van der Waals surface area contributed by atoms with Crippen LogP contribution in [0.1, 0.15) is 11.1 Å². The third-order valence-electron chi connectivity index (χ3n) is 2.27. The number of nitrogen functional groups attached to an aromatic ring is 1. The van der Waals surface area contributed by atoms with E-state index in [4.69, 9.17) is 5.73 Å². The fraction of sp³-hybridized carbons (Fsp3) is 0. The highest BCUT2D eigenvalue weighted by atomic mass is 16.3. The summed E-state index contributed by atoms with van der Waals surface area (Å²) < 4.78 is 0. The molecule has 0 aliphatic carbocycles. The van der Waals surface area contributed by atoms with Gasteiger partial charge in [0.2, 0.25) is 0 Å². The van der Waals surface area contributed by atoms with Crippen LogP contribution in [-0.2, 0) is 0 Å². The van der Waals surface area contributed by atoms with Gasteiger partial charge >= 0.3 is 0 Å². The Morgan fingerprint density at radius 3 is 2.25 bits per heavy atom. The number of rotatable bonds is 2. The first-order chi connectivity index (χ1) is 7.74. The zero-order valence-electron chi connectivity index (χ0n) is 8.80. The minimum Gasteiger partial charge on any atom is -0.508 e. The van der Waals surface area contributed by atoms with Crippen molar-refractivity contribution in [3.63, 3.8) is 0 Å². The molecule has 0 saturated carbocycles. The van der Waals surface area contributed by atoms with Gasteiger partial charge < -0.3 is 10.8 Å². The van der Waals surface area contributed by atoms with Gasteiger partial charge in [-0.05, 0) is 35.4 Å². The number of phenols is 1. The number of hydrogen-bond donors (Lipinski definition) is 2. The van der Waals surface area contributed by atoms with Crippen molar-refractivity contribution in [2.75, 3.05) is 5.73 Å². The van der Waals surface area contributed by atoms with Crippen LogP contribution in [0, 0.1) is 0 Å². The quantitative estimate of drug-likeness (QED) is 0.592. The summed E-state index contributed by atoms with van der Waals surface area (Å²) in [7, 11) is 0. The monoisotopic (exact) mass is 211 g/mol. The maximum Gasteiger partial charge on any atom is 0.116 e. The summed E-state index contributed by atoms with van der Waals surface area (Å²) in [4.78, 5) is 0. The van der Waals surface area contributed by atoms with Gasteiger partial charge in [-0.3, -0.25) is 0 Å².